The van der Waals surface area contributed by atoms with Gasteiger partial charge < -0.3 is 5.32 Å². The number of carbonyl (C=O) groups is 1. The van der Waals surface area contributed by atoms with Gasteiger partial charge in [-0.1, -0.05) is 62.2 Å². The van der Waals surface area contributed by atoms with Crippen LogP contribution in [0.15, 0.2) is 42.5 Å². The molecule has 2 aromatic carbocycles. The lowest BCUT2D eigenvalue weighted by molar-refractivity contribution is -0.122. The molecule has 4 rings (SSSR count). The highest BCUT2D eigenvalue weighted by Gasteiger charge is 2.30. The Bertz CT molecular complexity index is 778. The van der Waals surface area contributed by atoms with E-state index in [-0.39, 0.29) is 5.91 Å². The van der Waals surface area contributed by atoms with Gasteiger partial charge in [-0.2, -0.15) is 0 Å². The Morgan fingerprint density at radius 3 is 2.63 bits per heavy atom. The zero-order valence-electron chi connectivity index (χ0n) is 16.5. The maximum absolute atomic E-state index is 12.5. The molecule has 2 aromatic rings. The zero-order valence-corrected chi connectivity index (χ0v) is 16.5. The Kier molecular flexibility index (Phi) is 5.77. The summed E-state index contributed by atoms with van der Waals surface area (Å²) in [5, 5.41) is 5.95. The fourth-order valence-corrected chi connectivity index (χ4v) is 4.53. The Hall–Kier alpha value is -1.87. The SMILES string of the molecule is CC1CCCCC1NC(=O)CCN(Cc1cccc2ccccc12)C1CC1. The molecule has 1 amide bonds. The van der Waals surface area contributed by atoms with E-state index in [4.69, 9.17) is 0 Å². The monoisotopic (exact) mass is 364 g/mol. The highest BCUT2D eigenvalue weighted by molar-refractivity contribution is 5.85. The average Bonchev–Trinajstić information content (AvgIpc) is 3.52. The van der Waals surface area contributed by atoms with Gasteiger partial charge in [-0.15, -0.1) is 0 Å². The summed E-state index contributed by atoms with van der Waals surface area (Å²) in [6.45, 7) is 4.08. The predicted octanol–water partition coefficient (Wildman–Crippen LogP) is 4.89. The molecule has 3 heteroatoms. The Morgan fingerprint density at radius 2 is 1.81 bits per heavy atom. The van der Waals surface area contributed by atoms with Crippen molar-refractivity contribution in [1.82, 2.24) is 10.2 Å². The third-order valence-electron chi connectivity index (χ3n) is 6.40. The van der Waals surface area contributed by atoms with Crippen molar-refractivity contribution in [3.05, 3.63) is 48.0 Å². The molecule has 2 atom stereocenters. The van der Waals surface area contributed by atoms with Crippen molar-refractivity contribution in [3.8, 4) is 0 Å². The van der Waals surface area contributed by atoms with Gasteiger partial charge in [0.15, 0.2) is 0 Å². The van der Waals surface area contributed by atoms with Gasteiger partial charge in [0.25, 0.3) is 0 Å². The second kappa shape index (κ2) is 8.43. The summed E-state index contributed by atoms with van der Waals surface area (Å²) in [6.07, 6.45) is 8.12. The third kappa shape index (κ3) is 4.70. The maximum Gasteiger partial charge on any atom is 0.221 e. The van der Waals surface area contributed by atoms with E-state index in [2.05, 4.69) is 59.6 Å². The van der Waals surface area contributed by atoms with Crippen LogP contribution >= 0.6 is 0 Å². The van der Waals surface area contributed by atoms with Gasteiger partial charge in [0, 0.05) is 31.6 Å². The molecule has 2 aliphatic rings. The first-order chi connectivity index (χ1) is 13.2. The number of nitrogens with one attached hydrogen (secondary N) is 1. The molecule has 2 saturated carbocycles. The summed E-state index contributed by atoms with van der Waals surface area (Å²) < 4.78 is 0. The second-order valence-electron chi connectivity index (χ2n) is 8.53. The molecule has 0 aliphatic heterocycles. The molecule has 0 radical (unpaired) electrons. The number of fused-ring (bicyclic) bond motifs is 1. The van der Waals surface area contributed by atoms with Crippen LogP contribution in [0.1, 0.15) is 57.4 Å². The van der Waals surface area contributed by atoms with Gasteiger partial charge in [0.05, 0.1) is 0 Å². The quantitative estimate of drug-likeness (QED) is 0.759. The molecule has 2 fully saturated rings. The van der Waals surface area contributed by atoms with Crippen LogP contribution in [0.25, 0.3) is 10.8 Å². The minimum atomic E-state index is 0.234. The molecule has 0 saturated heterocycles. The van der Waals surface area contributed by atoms with Gasteiger partial charge in [0.1, 0.15) is 0 Å². The van der Waals surface area contributed by atoms with Crippen LogP contribution in [0.5, 0.6) is 0 Å². The Labute approximate surface area is 163 Å². The van der Waals surface area contributed by atoms with Gasteiger partial charge in [-0.3, -0.25) is 9.69 Å². The van der Waals surface area contributed by atoms with Crippen LogP contribution in [0.4, 0.5) is 0 Å². The number of benzene rings is 2. The van der Waals surface area contributed by atoms with Crippen molar-refractivity contribution >= 4 is 16.7 Å². The smallest absolute Gasteiger partial charge is 0.221 e. The highest BCUT2D eigenvalue weighted by Crippen LogP contribution is 2.30. The maximum atomic E-state index is 12.5. The van der Waals surface area contributed by atoms with Crippen LogP contribution in [0.3, 0.4) is 0 Å². The van der Waals surface area contributed by atoms with Crippen molar-refractivity contribution in [2.24, 2.45) is 5.92 Å². The Balaban J connectivity index is 1.36. The molecule has 0 bridgehead atoms. The lowest BCUT2D eigenvalue weighted by Crippen LogP contribution is -2.42. The molecule has 144 valence electrons. The van der Waals surface area contributed by atoms with Crippen LogP contribution < -0.4 is 5.32 Å². The largest absolute Gasteiger partial charge is 0.353 e. The lowest BCUT2D eigenvalue weighted by atomic mass is 9.86. The van der Waals surface area contributed by atoms with Crippen molar-refractivity contribution in [2.75, 3.05) is 6.54 Å². The van der Waals surface area contributed by atoms with Crippen molar-refractivity contribution in [2.45, 2.75) is 70.5 Å². The van der Waals surface area contributed by atoms with E-state index in [1.807, 2.05) is 0 Å². The molecule has 1 N–H and O–H groups in total. The summed E-state index contributed by atoms with van der Waals surface area (Å²) in [5.74, 6) is 0.857. The second-order valence-corrected chi connectivity index (χ2v) is 8.53. The van der Waals surface area contributed by atoms with Gasteiger partial charge in [-0.05, 0) is 47.9 Å². The Morgan fingerprint density at radius 1 is 1.04 bits per heavy atom. The number of nitrogens with zero attached hydrogens (tertiary/aromatic N) is 1. The standard InChI is InChI=1S/C24H32N2O/c1-18-7-2-5-12-23(18)25-24(27)15-16-26(21-13-14-21)17-20-10-6-9-19-8-3-4-11-22(19)20/h3-4,6,8-11,18,21,23H,2,5,7,12-17H2,1H3,(H,25,27). The van der Waals surface area contributed by atoms with E-state index in [0.717, 1.165) is 19.5 Å². The van der Waals surface area contributed by atoms with Crippen LogP contribution in [-0.4, -0.2) is 29.4 Å². The van der Waals surface area contributed by atoms with Crippen LogP contribution in [0, 0.1) is 5.92 Å². The molecule has 2 aliphatic carbocycles. The average molecular weight is 365 g/mol. The summed E-state index contributed by atoms with van der Waals surface area (Å²) in [5.41, 5.74) is 1.38. The summed E-state index contributed by atoms with van der Waals surface area (Å²) in [7, 11) is 0. The summed E-state index contributed by atoms with van der Waals surface area (Å²) in [6, 6.07) is 16.2. The zero-order chi connectivity index (χ0) is 18.6. The minimum Gasteiger partial charge on any atom is -0.353 e. The third-order valence-corrected chi connectivity index (χ3v) is 6.40. The molecular weight excluding hydrogens is 332 g/mol. The van der Waals surface area contributed by atoms with Gasteiger partial charge in [-0.25, -0.2) is 0 Å². The normalized spacial score (nSPS) is 22.9. The molecule has 0 heterocycles. The van der Waals surface area contributed by atoms with Crippen LogP contribution in [-0.2, 0) is 11.3 Å². The predicted molar refractivity (Wildman–Crippen MR) is 112 cm³/mol. The van der Waals surface area contributed by atoms with E-state index in [1.54, 1.807) is 0 Å². The van der Waals surface area contributed by atoms with Crippen molar-refractivity contribution in [1.29, 1.82) is 0 Å². The first-order valence-electron chi connectivity index (χ1n) is 10.7. The van der Waals surface area contributed by atoms with E-state index >= 15 is 0 Å². The highest BCUT2D eigenvalue weighted by atomic mass is 16.1. The van der Waals surface area contributed by atoms with Crippen LogP contribution in [0.2, 0.25) is 0 Å². The number of rotatable bonds is 7. The molecule has 27 heavy (non-hydrogen) atoms. The number of carbonyl (C=O) groups excluding carboxylic acids is 1. The van der Waals surface area contributed by atoms with E-state index in [0.29, 0.717) is 24.4 Å². The molecule has 2 unspecified atom stereocenters. The van der Waals surface area contributed by atoms with Crippen molar-refractivity contribution < 1.29 is 4.79 Å². The lowest BCUT2D eigenvalue weighted by Gasteiger charge is -2.30. The fourth-order valence-electron chi connectivity index (χ4n) is 4.53. The topological polar surface area (TPSA) is 32.3 Å². The van der Waals surface area contributed by atoms with Crippen molar-refractivity contribution in [3.63, 3.8) is 0 Å². The van der Waals surface area contributed by atoms with E-state index in [9.17, 15) is 4.79 Å². The first kappa shape index (κ1) is 18.5. The minimum absolute atomic E-state index is 0.234. The van der Waals surface area contributed by atoms with Gasteiger partial charge >= 0.3 is 0 Å². The molecular formula is C24H32N2O. The van der Waals surface area contributed by atoms with Gasteiger partial charge in [0.2, 0.25) is 5.91 Å². The summed E-state index contributed by atoms with van der Waals surface area (Å²) in [4.78, 5) is 15.1. The fraction of sp³-hybridized carbons (Fsp3) is 0.542. The van der Waals surface area contributed by atoms with E-state index < -0.39 is 0 Å². The molecule has 0 spiro atoms. The number of hydrogen-bond acceptors (Lipinski definition) is 2. The molecule has 3 nitrogen and oxygen atoms in total. The first-order valence-corrected chi connectivity index (χ1v) is 10.7. The number of hydrogen-bond donors (Lipinski definition) is 1. The summed E-state index contributed by atoms with van der Waals surface area (Å²) >= 11 is 0. The molecule has 0 aromatic heterocycles. The number of amides is 1. The van der Waals surface area contributed by atoms with E-state index in [1.165, 1.54) is 48.4 Å².